The fourth-order valence-electron chi connectivity index (χ4n) is 1.74. The van der Waals surface area contributed by atoms with Gasteiger partial charge in [0.2, 0.25) is 5.91 Å². The maximum atomic E-state index is 13.2. The van der Waals surface area contributed by atoms with Crippen LogP contribution in [0.4, 0.5) is 4.39 Å². The summed E-state index contributed by atoms with van der Waals surface area (Å²) in [6.07, 6.45) is 0.753. The first kappa shape index (κ1) is 15.1. The number of carbonyl (C=O) groups excluding carboxylic acids is 2. The van der Waals surface area contributed by atoms with E-state index in [4.69, 9.17) is 0 Å². The van der Waals surface area contributed by atoms with E-state index in [2.05, 4.69) is 5.32 Å². The first-order chi connectivity index (χ1) is 8.99. The van der Waals surface area contributed by atoms with E-state index in [9.17, 15) is 14.0 Å². The summed E-state index contributed by atoms with van der Waals surface area (Å²) in [5, 5.41) is 2.49. The number of hydrogen-bond acceptors (Lipinski definition) is 2. The number of nitrogens with one attached hydrogen (secondary N) is 1. The molecule has 1 N–H and O–H groups in total. The largest absolute Gasteiger partial charge is 0.358 e. The van der Waals surface area contributed by atoms with Crippen molar-refractivity contribution < 1.29 is 14.0 Å². The van der Waals surface area contributed by atoms with E-state index in [1.165, 1.54) is 30.1 Å². The fourth-order valence-corrected chi connectivity index (χ4v) is 1.74. The van der Waals surface area contributed by atoms with Crippen LogP contribution in [0.15, 0.2) is 18.2 Å². The highest BCUT2D eigenvalue weighted by Crippen LogP contribution is 2.12. The first-order valence-electron chi connectivity index (χ1n) is 6.25. The summed E-state index contributed by atoms with van der Waals surface area (Å²) in [6.45, 7) is 4.04. The minimum atomic E-state index is -0.343. The van der Waals surface area contributed by atoms with Gasteiger partial charge in [-0.3, -0.25) is 9.59 Å². The average molecular weight is 266 g/mol. The topological polar surface area (TPSA) is 49.4 Å². The molecule has 0 spiro atoms. The molecule has 0 saturated heterocycles. The van der Waals surface area contributed by atoms with Crippen molar-refractivity contribution in [2.75, 3.05) is 20.1 Å². The molecule has 0 aliphatic carbocycles. The second-order valence-electron chi connectivity index (χ2n) is 4.36. The van der Waals surface area contributed by atoms with E-state index in [1.807, 2.05) is 6.92 Å². The van der Waals surface area contributed by atoms with Gasteiger partial charge in [0, 0.05) is 19.2 Å². The zero-order valence-electron chi connectivity index (χ0n) is 11.5. The van der Waals surface area contributed by atoms with Crippen LogP contribution in [0.5, 0.6) is 0 Å². The number of aryl methyl sites for hydroxylation is 1. The Labute approximate surface area is 112 Å². The summed E-state index contributed by atoms with van der Waals surface area (Å²) >= 11 is 0. The summed E-state index contributed by atoms with van der Waals surface area (Å²) in [5.41, 5.74) is 0.818. The molecule has 1 rings (SSSR count). The zero-order valence-corrected chi connectivity index (χ0v) is 11.5. The van der Waals surface area contributed by atoms with Gasteiger partial charge >= 0.3 is 0 Å². The van der Waals surface area contributed by atoms with Crippen molar-refractivity contribution in [2.24, 2.45) is 0 Å². The molecule has 0 atom stereocenters. The van der Waals surface area contributed by atoms with Crippen molar-refractivity contribution in [3.8, 4) is 0 Å². The van der Waals surface area contributed by atoms with E-state index in [1.54, 1.807) is 6.92 Å². The molecule has 0 fully saturated rings. The van der Waals surface area contributed by atoms with Crippen molar-refractivity contribution in [2.45, 2.75) is 20.3 Å². The summed E-state index contributed by atoms with van der Waals surface area (Å²) in [4.78, 5) is 25.1. The highest BCUT2D eigenvalue weighted by Gasteiger charge is 2.18. The Hall–Kier alpha value is -1.91. The maximum absolute atomic E-state index is 13.2. The van der Waals surface area contributed by atoms with E-state index < -0.39 is 0 Å². The van der Waals surface area contributed by atoms with Gasteiger partial charge in [0.15, 0.2) is 0 Å². The molecule has 4 nitrogen and oxygen atoms in total. The van der Waals surface area contributed by atoms with Crippen LogP contribution in [-0.4, -0.2) is 36.9 Å². The molecular formula is C14H19FN2O2. The predicted molar refractivity (Wildman–Crippen MR) is 71.4 cm³/mol. The first-order valence-corrected chi connectivity index (χ1v) is 6.25. The van der Waals surface area contributed by atoms with Crippen molar-refractivity contribution >= 4 is 11.8 Å². The van der Waals surface area contributed by atoms with Gasteiger partial charge < -0.3 is 10.2 Å². The number of rotatable bonds is 5. The van der Waals surface area contributed by atoms with Gasteiger partial charge in [-0.05, 0) is 37.1 Å². The molecule has 0 unspecified atom stereocenters. The van der Waals surface area contributed by atoms with Gasteiger partial charge in [-0.15, -0.1) is 0 Å². The third kappa shape index (κ3) is 4.05. The number of likely N-dealkylation sites (N-methyl/N-ethyl adjacent to an activating group) is 1. The normalized spacial score (nSPS) is 10.1. The fraction of sp³-hybridized carbons (Fsp3) is 0.429. The van der Waals surface area contributed by atoms with Crippen LogP contribution in [0, 0.1) is 12.7 Å². The second-order valence-corrected chi connectivity index (χ2v) is 4.36. The molecule has 0 saturated carbocycles. The SMILES string of the molecule is CCCN(CC(=O)NC)C(=O)c1ccc(F)c(C)c1. The van der Waals surface area contributed by atoms with Crippen LogP contribution in [0.1, 0.15) is 29.3 Å². The number of amides is 2. The Morgan fingerprint density at radius 2 is 2.05 bits per heavy atom. The quantitative estimate of drug-likeness (QED) is 0.882. The lowest BCUT2D eigenvalue weighted by molar-refractivity contribution is -0.121. The maximum Gasteiger partial charge on any atom is 0.254 e. The van der Waals surface area contributed by atoms with E-state index in [0.717, 1.165) is 6.42 Å². The van der Waals surface area contributed by atoms with Crippen molar-refractivity contribution in [3.63, 3.8) is 0 Å². The molecule has 104 valence electrons. The van der Waals surface area contributed by atoms with Gasteiger partial charge in [-0.2, -0.15) is 0 Å². The summed E-state index contributed by atoms with van der Waals surface area (Å²) < 4.78 is 13.2. The van der Waals surface area contributed by atoms with Gasteiger partial charge in [0.05, 0.1) is 6.54 Å². The molecule has 0 radical (unpaired) electrons. The van der Waals surface area contributed by atoms with Gasteiger partial charge in [-0.1, -0.05) is 6.92 Å². The van der Waals surface area contributed by atoms with Crippen molar-refractivity contribution in [1.82, 2.24) is 10.2 Å². The van der Waals surface area contributed by atoms with Crippen LogP contribution >= 0.6 is 0 Å². The number of benzene rings is 1. The molecule has 2 amide bonds. The van der Waals surface area contributed by atoms with E-state index in [0.29, 0.717) is 17.7 Å². The summed E-state index contributed by atoms with van der Waals surface area (Å²) in [5.74, 6) is -0.820. The van der Waals surface area contributed by atoms with Crippen LogP contribution in [-0.2, 0) is 4.79 Å². The lowest BCUT2D eigenvalue weighted by Crippen LogP contribution is -2.40. The number of hydrogen-bond donors (Lipinski definition) is 1. The Bertz CT molecular complexity index is 475. The van der Waals surface area contributed by atoms with Crippen molar-refractivity contribution in [3.05, 3.63) is 35.1 Å². The molecule has 0 aliphatic heterocycles. The van der Waals surface area contributed by atoms with Crippen LogP contribution in [0.2, 0.25) is 0 Å². The van der Waals surface area contributed by atoms with Crippen LogP contribution in [0.25, 0.3) is 0 Å². The molecule has 1 aromatic carbocycles. The molecule has 0 aromatic heterocycles. The number of nitrogens with zero attached hydrogens (tertiary/aromatic N) is 1. The molecule has 19 heavy (non-hydrogen) atoms. The Morgan fingerprint density at radius 3 is 2.58 bits per heavy atom. The van der Waals surface area contributed by atoms with Crippen molar-refractivity contribution in [1.29, 1.82) is 0 Å². The second kappa shape index (κ2) is 6.87. The van der Waals surface area contributed by atoms with E-state index >= 15 is 0 Å². The average Bonchev–Trinajstić information content (AvgIpc) is 2.40. The molecule has 0 heterocycles. The van der Waals surface area contributed by atoms with Gasteiger partial charge in [0.25, 0.3) is 5.91 Å². The molecule has 5 heteroatoms. The van der Waals surface area contributed by atoms with E-state index in [-0.39, 0.29) is 24.2 Å². The number of halogens is 1. The standard InChI is InChI=1S/C14H19FN2O2/c1-4-7-17(9-13(18)16-3)14(19)11-5-6-12(15)10(2)8-11/h5-6,8H,4,7,9H2,1-3H3,(H,16,18). The minimum Gasteiger partial charge on any atom is -0.358 e. The summed E-state index contributed by atoms with van der Waals surface area (Å²) in [6, 6.07) is 4.22. The Kier molecular flexibility index (Phi) is 5.48. The van der Waals surface area contributed by atoms with Crippen LogP contribution < -0.4 is 5.32 Å². The predicted octanol–water partition coefficient (Wildman–Crippen LogP) is 1.73. The smallest absolute Gasteiger partial charge is 0.254 e. The monoisotopic (exact) mass is 266 g/mol. The third-order valence-corrected chi connectivity index (χ3v) is 2.80. The molecule has 0 aliphatic rings. The lowest BCUT2D eigenvalue weighted by atomic mass is 10.1. The van der Waals surface area contributed by atoms with Gasteiger partial charge in [0.1, 0.15) is 5.82 Å². The molecule has 0 bridgehead atoms. The number of carbonyl (C=O) groups is 2. The van der Waals surface area contributed by atoms with Gasteiger partial charge in [-0.25, -0.2) is 4.39 Å². The summed E-state index contributed by atoms with van der Waals surface area (Å²) in [7, 11) is 1.53. The Balaban J connectivity index is 2.91. The Morgan fingerprint density at radius 1 is 1.37 bits per heavy atom. The van der Waals surface area contributed by atoms with Crippen LogP contribution in [0.3, 0.4) is 0 Å². The lowest BCUT2D eigenvalue weighted by Gasteiger charge is -2.21. The highest BCUT2D eigenvalue weighted by atomic mass is 19.1. The minimum absolute atomic E-state index is 0.0135. The highest BCUT2D eigenvalue weighted by molar-refractivity contribution is 5.96. The zero-order chi connectivity index (χ0) is 14.4. The molecule has 1 aromatic rings. The third-order valence-electron chi connectivity index (χ3n) is 2.80. The molecular weight excluding hydrogens is 247 g/mol.